The number of aromatic nitrogens is 3. The molecule has 5 heteroatoms. The Morgan fingerprint density at radius 1 is 1.19 bits per heavy atom. The summed E-state index contributed by atoms with van der Waals surface area (Å²) in [6.07, 6.45) is 3.21. The molecular weight excluding hydrogens is 264 g/mol. The van der Waals surface area contributed by atoms with Gasteiger partial charge in [-0.25, -0.2) is 4.98 Å². The van der Waals surface area contributed by atoms with Crippen LogP contribution in [0.1, 0.15) is 29.1 Å². The lowest BCUT2D eigenvalue weighted by atomic mass is 10.2. The van der Waals surface area contributed by atoms with Crippen molar-refractivity contribution in [3.63, 3.8) is 0 Å². The number of amides is 1. The number of nitrogens with one attached hydrogen (secondary N) is 1. The van der Waals surface area contributed by atoms with E-state index in [4.69, 9.17) is 0 Å². The molecule has 0 saturated heterocycles. The highest BCUT2D eigenvalue weighted by Crippen LogP contribution is 2.19. The third-order valence-electron chi connectivity index (χ3n) is 3.50. The predicted octanol–water partition coefficient (Wildman–Crippen LogP) is 2.46. The summed E-state index contributed by atoms with van der Waals surface area (Å²) < 4.78 is 2.01. The Kier molecular flexibility index (Phi) is 3.39. The van der Waals surface area contributed by atoms with Gasteiger partial charge in [0.2, 0.25) is 0 Å². The molecule has 1 N–H and O–H groups in total. The third-order valence-corrected chi connectivity index (χ3v) is 3.50. The van der Waals surface area contributed by atoms with Crippen LogP contribution in [-0.4, -0.2) is 20.4 Å². The maximum atomic E-state index is 12.2. The second kappa shape index (κ2) is 5.36. The summed E-state index contributed by atoms with van der Waals surface area (Å²) in [5, 5.41) is 2.96. The molecule has 1 unspecified atom stereocenters. The molecule has 3 rings (SSSR count). The molecular formula is C16H16N4O. The van der Waals surface area contributed by atoms with Crippen molar-refractivity contribution >= 4 is 16.9 Å². The van der Waals surface area contributed by atoms with Gasteiger partial charge in [-0.15, -0.1) is 0 Å². The fourth-order valence-corrected chi connectivity index (χ4v) is 2.40. The molecule has 3 aromatic rings. The number of carbonyl (C=O) groups is 1. The number of aryl methyl sites for hydroxylation is 1. The molecule has 0 aliphatic rings. The molecule has 0 fully saturated rings. The lowest BCUT2D eigenvalue weighted by molar-refractivity contribution is 0.0938. The van der Waals surface area contributed by atoms with Crippen LogP contribution in [0.4, 0.5) is 0 Å². The maximum Gasteiger partial charge on any atom is 0.251 e. The number of para-hydroxylation sites is 2. The quantitative estimate of drug-likeness (QED) is 0.801. The SMILES string of the molecule is CC(NC(=O)c1ccncc1)c1nc2ccccc2n1C. The van der Waals surface area contributed by atoms with E-state index in [1.165, 1.54) is 0 Å². The third kappa shape index (κ3) is 2.50. The summed E-state index contributed by atoms with van der Waals surface area (Å²) in [7, 11) is 1.96. The number of nitrogens with zero attached hydrogens (tertiary/aromatic N) is 3. The van der Waals surface area contributed by atoms with Gasteiger partial charge in [-0.2, -0.15) is 0 Å². The van der Waals surface area contributed by atoms with Gasteiger partial charge in [0.05, 0.1) is 17.1 Å². The van der Waals surface area contributed by atoms with Crippen LogP contribution in [0, 0.1) is 0 Å². The Labute approximate surface area is 122 Å². The largest absolute Gasteiger partial charge is 0.342 e. The average molecular weight is 280 g/mol. The number of carbonyl (C=O) groups excluding carboxylic acids is 1. The first-order valence-corrected chi connectivity index (χ1v) is 6.79. The Balaban J connectivity index is 1.86. The van der Waals surface area contributed by atoms with Crippen LogP contribution < -0.4 is 5.32 Å². The first-order chi connectivity index (χ1) is 10.2. The van der Waals surface area contributed by atoms with E-state index in [1.54, 1.807) is 24.5 Å². The van der Waals surface area contributed by atoms with Gasteiger partial charge in [0.25, 0.3) is 5.91 Å². The maximum absolute atomic E-state index is 12.2. The summed E-state index contributed by atoms with van der Waals surface area (Å²) >= 11 is 0. The summed E-state index contributed by atoms with van der Waals surface area (Å²) in [5.41, 5.74) is 2.58. The summed E-state index contributed by atoms with van der Waals surface area (Å²) in [6.45, 7) is 1.93. The van der Waals surface area contributed by atoms with E-state index >= 15 is 0 Å². The predicted molar refractivity (Wildman–Crippen MR) is 80.8 cm³/mol. The zero-order chi connectivity index (χ0) is 14.8. The molecule has 21 heavy (non-hydrogen) atoms. The normalized spacial score (nSPS) is 12.3. The molecule has 0 aliphatic heterocycles. The molecule has 1 atom stereocenters. The van der Waals surface area contributed by atoms with Gasteiger partial charge in [0.1, 0.15) is 5.82 Å². The van der Waals surface area contributed by atoms with E-state index in [0.29, 0.717) is 5.56 Å². The fourth-order valence-electron chi connectivity index (χ4n) is 2.40. The monoisotopic (exact) mass is 280 g/mol. The van der Waals surface area contributed by atoms with Gasteiger partial charge < -0.3 is 9.88 Å². The highest BCUT2D eigenvalue weighted by Gasteiger charge is 2.17. The van der Waals surface area contributed by atoms with Gasteiger partial charge in [0.15, 0.2) is 0 Å². The summed E-state index contributed by atoms with van der Waals surface area (Å²) in [6, 6.07) is 11.1. The molecule has 0 aliphatic carbocycles. The Morgan fingerprint density at radius 2 is 1.90 bits per heavy atom. The van der Waals surface area contributed by atoms with Crippen LogP contribution in [0.5, 0.6) is 0 Å². The molecule has 0 saturated carbocycles. The molecule has 1 aromatic carbocycles. The first-order valence-electron chi connectivity index (χ1n) is 6.79. The number of pyridine rings is 1. The van der Waals surface area contributed by atoms with Crippen LogP contribution in [0.2, 0.25) is 0 Å². The second-order valence-corrected chi connectivity index (χ2v) is 4.95. The van der Waals surface area contributed by atoms with Crippen LogP contribution in [0.3, 0.4) is 0 Å². The topological polar surface area (TPSA) is 59.8 Å². The zero-order valence-electron chi connectivity index (χ0n) is 11.9. The summed E-state index contributed by atoms with van der Waals surface area (Å²) in [4.78, 5) is 20.7. The highest BCUT2D eigenvalue weighted by atomic mass is 16.1. The number of benzene rings is 1. The standard InChI is InChI=1S/C16H16N4O/c1-11(18-16(21)12-7-9-17-10-8-12)15-19-13-5-3-4-6-14(13)20(15)2/h3-11H,1-2H3,(H,18,21). The van der Waals surface area contributed by atoms with Gasteiger partial charge in [-0.1, -0.05) is 12.1 Å². The second-order valence-electron chi connectivity index (χ2n) is 4.95. The van der Waals surface area contributed by atoms with Gasteiger partial charge >= 0.3 is 0 Å². The molecule has 106 valence electrons. The Bertz CT molecular complexity index is 779. The van der Waals surface area contributed by atoms with Crippen molar-refractivity contribution in [1.29, 1.82) is 0 Å². The lowest BCUT2D eigenvalue weighted by Crippen LogP contribution is -2.28. The fraction of sp³-hybridized carbons (Fsp3) is 0.188. The van der Waals surface area contributed by atoms with E-state index in [-0.39, 0.29) is 11.9 Å². The van der Waals surface area contributed by atoms with Gasteiger partial charge in [-0.05, 0) is 31.2 Å². The minimum absolute atomic E-state index is 0.128. The van der Waals surface area contributed by atoms with Crippen LogP contribution in [0.25, 0.3) is 11.0 Å². The minimum atomic E-state index is -0.178. The van der Waals surface area contributed by atoms with E-state index in [9.17, 15) is 4.79 Å². The highest BCUT2D eigenvalue weighted by molar-refractivity contribution is 5.94. The van der Waals surface area contributed by atoms with Crippen molar-refractivity contribution in [1.82, 2.24) is 19.9 Å². The number of hydrogen-bond donors (Lipinski definition) is 1. The van der Waals surface area contributed by atoms with E-state index in [2.05, 4.69) is 15.3 Å². The van der Waals surface area contributed by atoms with Crippen LogP contribution >= 0.6 is 0 Å². The molecule has 0 bridgehead atoms. The van der Waals surface area contributed by atoms with E-state index in [1.807, 2.05) is 42.8 Å². The Morgan fingerprint density at radius 3 is 2.62 bits per heavy atom. The lowest BCUT2D eigenvalue weighted by Gasteiger charge is -2.13. The number of imidazole rings is 1. The molecule has 5 nitrogen and oxygen atoms in total. The molecule has 0 spiro atoms. The number of rotatable bonds is 3. The van der Waals surface area contributed by atoms with Crippen molar-refractivity contribution in [3.8, 4) is 0 Å². The smallest absolute Gasteiger partial charge is 0.251 e. The first kappa shape index (κ1) is 13.3. The van der Waals surface area contributed by atoms with Crippen molar-refractivity contribution < 1.29 is 4.79 Å². The van der Waals surface area contributed by atoms with Crippen molar-refractivity contribution in [2.75, 3.05) is 0 Å². The van der Waals surface area contributed by atoms with Crippen molar-refractivity contribution in [3.05, 3.63) is 60.2 Å². The van der Waals surface area contributed by atoms with Crippen LogP contribution in [0.15, 0.2) is 48.8 Å². The summed E-state index contributed by atoms with van der Waals surface area (Å²) in [5.74, 6) is 0.704. The molecule has 1 amide bonds. The molecule has 2 heterocycles. The Hall–Kier alpha value is -2.69. The van der Waals surface area contributed by atoms with Crippen molar-refractivity contribution in [2.24, 2.45) is 7.05 Å². The van der Waals surface area contributed by atoms with Crippen molar-refractivity contribution in [2.45, 2.75) is 13.0 Å². The van der Waals surface area contributed by atoms with Gasteiger partial charge in [0, 0.05) is 25.0 Å². The molecule has 0 radical (unpaired) electrons. The molecule has 2 aromatic heterocycles. The minimum Gasteiger partial charge on any atom is -0.342 e. The van der Waals surface area contributed by atoms with Crippen LogP contribution in [-0.2, 0) is 7.05 Å². The zero-order valence-corrected chi connectivity index (χ0v) is 11.9. The van der Waals surface area contributed by atoms with E-state index in [0.717, 1.165) is 16.9 Å². The van der Waals surface area contributed by atoms with Gasteiger partial charge in [-0.3, -0.25) is 9.78 Å². The average Bonchev–Trinajstić information content (AvgIpc) is 2.86. The van der Waals surface area contributed by atoms with E-state index < -0.39 is 0 Å². The number of fused-ring (bicyclic) bond motifs is 1. The number of hydrogen-bond acceptors (Lipinski definition) is 3.